The molecule has 0 fully saturated rings. The van der Waals surface area contributed by atoms with Gasteiger partial charge in [-0.05, 0) is 13.8 Å². The number of nitrogens with zero attached hydrogens (tertiary/aromatic N) is 3. The van der Waals surface area contributed by atoms with E-state index in [0.717, 1.165) is 0 Å². The minimum atomic E-state index is -0.390. The lowest BCUT2D eigenvalue weighted by Gasteiger charge is -2.16. The first-order valence-corrected chi connectivity index (χ1v) is 5.56. The highest BCUT2D eigenvalue weighted by atomic mass is 16.5. The Hall–Kier alpha value is -1.85. The van der Waals surface area contributed by atoms with E-state index in [1.54, 1.807) is 30.2 Å². The summed E-state index contributed by atoms with van der Waals surface area (Å²) in [4.78, 5) is 24.7. The highest BCUT2D eigenvalue weighted by Crippen LogP contribution is 1.96. The third-order valence-corrected chi connectivity index (χ3v) is 2.27. The second-order valence-electron chi connectivity index (χ2n) is 3.59. The molecular weight excluding hydrogens is 222 g/mol. The number of imidazole rings is 1. The minimum Gasteiger partial charge on any atom is -0.465 e. The number of likely N-dealkylation sites (N-methyl/N-ethyl adjacent to an activating group) is 1. The number of amides is 1. The van der Waals surface area contributed by atoms with Crippen LogP contribution in [0.4, 0.5) is 4.79 Å². The maximum Gasteiger partial charge on any atom is 0.416 e. The van der Waals surface area contributed by atoms with Crippen LogP contribution in [0.3, 0.4) is 0 Å². The van der Waals surface area contributed by atoms with Gasteiger partial charge in [0.05, 0.1) is 13.7 Å². The van der Waals surface area contributed by atoms with Crippen LogP contribution >= 0.6 is 0 Å². The van der Waals surface area contributed by atoms with E-state index in [1.165, 1.54) is 9.47 Å². The molecule has 0 unspecified atom stereocenters. The molecule has 1 rings (SSSR count). The van der Waals surface area contributed by atoms with Gasteiger partial charge in [-0.1, -0.05) is 0 Å². The maximum absolute atomic E-state index is 12.0. The molecule has 94 valence electrons. The monoisotopic (exact) mass is 240 g/mol. The molecular formula is C11H18N3O3+. The normalized spacial score (nSPS) is 10.1. The van der Waals surface area contributed by atoms with Gasteiger partial charge in [0, 0.05) is 6.54 Å². The Bertz CT molecular complexity index is 400. The minimum absolute atomic E-state index is 0.0228. The molecule has 0 aliphatic rings. The first-order chi connectivity index (χ1) is 8.08. The number of aromatic nitrogens is 2. The fourth-order valence-corrected chi connectivity index (χ4v) is 1.40. The predicted molar refractivity (Wildman–Crippen MR) is 60.3 cm³/mol. The van der Waals surface area contributed by atoms with Crippen molar-refractivity contribution in [1.29, 1.82) is 0 Å². The summed E-state index contributed by atoms with van der Waals surface area (Å²) in [5, 5.41) is 0. The molecule has 6 heteroatoms. The van der Waals surface area contributed by atoms with Crippen molar-refractivity contribution in [1.82, 2.24) is 9.47 Å². The van der Waals surface area contributed by atoms with Crippen LogP contribution in [-0.4, -0.2) is 41.2 Å². The predicted octanol–water partition coefficient (Wildman–Crippen LogP) is 0.166. The third-order valence-electron chi connectivity index (χ3n) is 2.27. The summed E-state index contributed by atoms with van der Waals surface area (Å²) >= 11 is 0. The van der Waals surface area contributed by atoms with Gasteiger partial charge in [-0.25, -0.2) is 9.36 Å². The topological polar surface area (TPSA) is 55.4 Å². The number of carbonyl (C=O) groups is 2. The standard InChI is InChI=1S/C11H18N3O3/c1-4-13(8-10(15)17-5-2)11(16)14-7-6-12(3)9-14/h6-7,9H,4-5,8H2,1-3H3/q+1. The molecule has 17 heavy (non-hydrogen) atoms. The van der Waals surface area contributed by atoms with Gasteiger partial charge in [0.15, 0.2) is 0 Å². The molecule has 0 aliphatic carbocycles. The molecule has 1 aromatic rings. The van der Waals surface area contributed by atoms with Crippen LogP contribution < -0.4 is 4.57 Å². The summed E-state index contributed by atoms with van der Waals surface area (Å²) in [7, 11) is 1.82. The van der Waals surface area contributed by atoms with Gasteiger partial charge in [0.2, 0.25) is 0 Å². The molecule has 1 aromatic heterocycles. The molecule has 6 nitrogen and oxygen atoms in total. The van der Waals surface area contributed by atoms with Crippen LogP contribution in [0.15, 0.2) is 18.7 Å². The van der Waals surface area contributed by atoms with Crippen molar-refractivity contribution in [3.63, 3.8) is 0 Å². The summed E-state index contributed by atoms with van der Waals surface area (Å²) in [6.45, 7) is 4.32. The molecule has 0 saturated heterocycles. The Morgan fingerprint density at radius 2 is 2.12 bits per heavy atom. The van der Waals surface area contributed by atoms with Crippen molar-refractivity contribution in [3.8, 4) is 0 Å². The molecule has 0 aromatic carbocycles. The van der Waals surface area contributed by atoms with Crippen molar-refractivity contribution in [2.45, 2.75) is 13.8 Å². The number of carbonyl (C=O) groups excluding carboxylic acids is 2. The van der Waals surface area contributed by atoms with Crippen molar-refractivity contribution in [2.75, 3.05) is 19.7 Å². The molecule has 0 aliphatic heterocycles. The highest BCUT2D eigenvalue weighted by molar-refractivity contribution is 5.82. The molecule has 0 bridgehead atoms. The lowest BCUT2D eigenvalue weighted by molar-refractivity contribution is -0.670. The zero-order valence-electron chi connectivity index (χ0n) is 10.4. The van der Waals surface area contributed by atoms with Crippen LogP contribution in [0.5, 0.6) is 0 Å². The van der Waals surface area contributed by atoms with Crippen LogP contribution in [-0.2, 0) is 16.6 Å². The average molecular weight is 240 g/mol. The lowest BCUT2D eigenvalue weighted by atomic mass is 10.5. The molecule has 0 N–H and O–H groups in total. The molecule has 0 saturated carbocycles. The molecule has 0 spiro atoms. The number of rotatable bonds is 4. The van der Waals surface area contributed by atoms with Crippen molar-refractivity contribution >= 4 is 12.0 Å². The van der Waals surface area contributed by atoms with E-state index in [1.807, 2.05) is 14.0 Å². The van der Waals surface area contributed by atoms with Gasteiger partial charge in [-0.15, -0.1) is 0 Å². The van der Waals surface area contributed by atoms with Gasteiger partial charge in [-0.2, -0.15) is 4.57 Å². The van der Waals surface area contributed by atoms with Crippen LogP contribution in [0.25, 0.3) is 0 Å². The zero-order chi connectivity index (χ0) is 12.8. The van der Waals surface area contributed by atoms with Gasteiger partial charge in [0.25, 0.3) is 6.33 Å². The van der Waals surface area contributed by atoms with Crippen molar-refractivity contribution in [2.24, 2.45) is 7.05 Å². The fourth-order valence-electron chi connectivity index (χ4n) is 1.40. The van der Waals surface area contributed by atoms with E-state index < -0.39 is 0 Å². The Kier molecular flexibility index (Phi) is 4.68. The smallest absolute Gasteiger partial charge is 0.416 e. The fraction of sp³-hybridized carbons (Fsp3) is 0.545. The Balaban J connectivity index is 2.67. The Labute approximate surface area is 100 Å². The van der Waals surface area contributed by atoms with E-state index in [4.69, 9.17) is 4.74 Å². The van der Waals surface area contributed by atoms with Gasteiger partial charge >= 0.3 is 12.0 Å². The van der Waals surface area contributed by atoms with Crippen LogP contribution in [0.2, 0.25) is 0 Å². The van der Waals surface area contributed by atoms with Crippen molar-refractivity contribution < 1.29 is 18.9 Å². The molecule has 0 radical (unpaired) electrons. The second kappa shape index (κ2) is 6.03. The summed E-state index contributed by atoms with van der Waals surface area (Å²) in [5.74, 6) is -0.390. The summed E-state index contributed by atoms with van der Waals surface area (Å²) in [6, 6.07) is -0.235. The number of hydrogen-bond donors (Lipinski definition) is 0. The van der Waals surface area contributed by atoms with E-state index in [0.29, 0.717) is 13.2 Å². The van der Waals surface area contributed by atoms with E-state index in [-0.39, 0.29) is 18.5 Å². The van der Waals surface area contributed by atoms with Crippen LogP contribution in [0, 0.1) is 0 Å². The number of esters is 1. The average Bonchev–Trinajstić information content (AvgIpc) is 2.72. The largest absolute Gasteiger partial charge is 0.465 e. The number of aryl methyl sites for hydroxylation is 1. The second-order valence-corrected chi connectivity index (χ2v) is 3.59. The van der Waals surface area contributed by atoms with Gasteiger partial charge < -0.3 is 4.74 Å². The quantitative estimate of drug-likeness (QED) is 0.556. The van der Waals surface area contributed by atoms with E-state index >= 15 is 0 Å². The summed E-state index contributed by atoms with van der Waals surface area (Å²) in [5.41, 5.74) is 0. The SMILES string of the molecule is CCOC(=O)CN(CC)C(=O)n1cc[n+](C)c1. The maximum atomic E-state index is 12.0. The lowest BCUT2D eigenvalue weighted by Crippen LogP contribution is -2.39. The first-order valence-electron chi connectivity index (χ1n) is 5.56. The van der Waals surface area contributed by atoms with Crippen LogP contribution in [0.1, 0.15) is 13.8 Å². The molecule has 0 atom stereocenters. The summed E-state index contributed by atoms with van der Waals surface area (Å²) < 4.78 is 8.01. The van der Waals surface area contributed by atoms with Crippen molar-refractivity contribution in [3.05, 3.63) is 18.7 Å². The number of ether oxygens (including phenoxy) is 1. The van der Waals surface area contributed by atoms with Gasteiger partial charge in [-0.3, -0.25) is 9.69 Å². The Morgan fingerprint density at radius 3 is 2.59 bits per heavy atom. The van der Waals surface area contributed by atoms with E-state index in [2.05, 4.69) is 0 Å². The highest BCUT2D eigenvalue weighted by Gasteiger charge is 2.21. The Morgan fingerprint density at radius 1 is 1.41 bits per heavy atom. The number of hydrogen-bond acceptors (Lipinski definition) is 3. The zero-order valence-corrected chi connectivity index (χ0v) is 10.4. The first kappa shape index (κ1) is 13.2. The van der Waals surface area contributed by atoms with Gasteiger partial charge in [0.1, 0.15) is 18.9 Å². The van der Waals surface area contributed by atoms with E-state index in [9.17, 15) is 9.59 Å². The molecule has 1 amide bonds. The third kappa shape index (κ3) is 3.58. The summed E-state index contributed by atoms with van der Waals surface area (Å²) in [6.07, 6.45) is 5.06. The molecule has 1 heterocycles.